The van der Waals surface area contributed by atoms with Crippen molar-refractivity contribution in [2.75, 3.05) is 31.6 Å². The van der Waals surface area contributed by atoms with Gasteiger partial charge in [-0.1, -0.05) is 88.4 Å². The fourth-order valence-electron chi connectivity index (χ4n) is 6.52. The van der Waals surface area contributed by atoms with Gasteiger partial charge in [-0.2, -0.15) is 0 Å². The topological polar surface area (TPSA) is 50.8 Å². The number of ether oxygens (including phenoxy) is 2. The Balaban J connectivity index is 1.33. The third kappa shape index (κ3) is 7.14. The summed E-state index contributed by atoms with van der Waals surface area (Å²) in [7, 11) is 0. The lowest BCUT2D eigenvalue weighted by molar-refractivity contribution is 0.0565. The maximum absolute atomic E-state index is 14.0. The van der Waals surface area contributed by atoms with Crippen LogP contribution >= 0.6 is 0 Å². The molecule has 3 atom stereocenters. The fraction of sp³-hybridized carbons (Fsp3) is 0.486. The Morgan fingerprint density at radius 1 is 0.905 bits per heavy atom. The molecular weight excluding hydrogens is 520 g/mol. The average molecular weight is 569 g/mol. The highest BCUT2D eigenvalue weighted by atomic mass is 16.5. The van der Waals surface area contributed by atoms with E-state index < -0.39 is 0 Å². The summed E-state index contributed by atoms with van der Waals surface area (Å²) in [5, 5.41) is 3.70. The summed E-state index contributed by atoms with van der Waals surface area (Å²) < 4.78 is 12.3. The number of nitrogens with one attached hydrogen (secondary N) is 1. The smallest absolute Gasteiger partial charge is 0.180 e. The summed E-state index contributed by atoms with van der Waals surface area (Å²) in [6, 6.07) is 26.8. The molecule has 3 aromatic rings. The number of likely N-dealkylation sites (N-methyl/N-ethyl adjacent to an activating group) is 1. The molecule has 5 heteroatoms. The van der Waals surface area contributed by atoms with E-state index in [0.29, 0.717) is 26.4 Å². The second kappa shape index (κ2) is 14.0. The largest absolute Gasteiger partial charge is 0.378 e. The molecule has 2 aliphatic rings. The van der Waals surface area contributed by atoms with Crippen molar-refractivity contribution in [2.45, 2.75) is 77.7 Å². The highest BCUT2D eigenvalue weighted by molar-refractivity contribution is 6.03. The molecule has 0 bridgehead atoms. The zero-order chi connectivity index (χ0) is 29.5. The summed E-state index contributed by atoms with van der Waals surface area (Å²) in [5.41, 5.74) is 5.28. The lowest BCUT2D eigenvalue weighted by Crippen LogP contribution is -2.55. The van der Waals surface area contributed by atoms with Crippen LogP contribution in [0.3, 0.4) is 0 Å². The first kappa shape index (κ1) is 30.5. The predicted octanol–water partition coefficient (Wildman–Crippen LogP) is 7.50. The van der Waals surface area contributed by atoms with E-state index in [1.54, 1.807) is 0 Å². The van der Waals surface area contributed by atoms with Gasteiger partial charge >= 0.3 is 0 Å². The molecule has 1 N–H and O–H groups in total. The van der Waals surface area contributed by atoms with Crippen LogP contribution in [0.1, 0.15) is 74.0 Å². The van der Waals surface area contributed by atoms with E-state index in [0.717, 1.165) is 47.8 Å². The maximum Gasteiger partial charge on any atom is 0.180 e. The minimum atomic E-state index is -0.0916. The van der Waals surface area contributed by atoms with Crippen molar-refractivity contribution in [3.05, 3.63) is 101 Å². The van der Waals surface area contributed by atoms with Crippen molar-refractivity contribution in [1.82, 2.24) is 4.90 Å². The van der Waals surface area contributed by atoms with Crippen molar-refractivity contribution in [1.29, 1.82) is 0 Å². The van der Waals surface area contributed by atoms with E-state index in [4.69, 9.17) is 9.47 Å². The molecule has 0 aromatic heterocycles. The number of anilines is 1. The second-order valence-electron chi connectivity index (χ2n) is 12.5. The van der Waals surface area contributed by atoms with E-state index >= 15 is 0 Å². The van der Waals surface area contributed by atoms with Gasteiger partial charge in [-0.3, -0.25) is 9.69 Å². The normalized spacial score (nSPS) is 22.0. The first-order chi connectivity index (χ1) is 20.4. The second-order valence-corrected chi connectivity index (χ2v) is 12.5. The van der Waals surface area contributed by atoms with E-state index in [9.17, 15) is 4.79 Å². The maximum atomic E-state index is 14.0. The van der Waals surface area contributed by atoms with Crippen LogP contribution in [-0.4, -0.2) is 49.1 Å². The molecule has 0 spiro atoms. The summed E-state index contributed by atoms with van der Waals surface area (Å²) in [4.78, 5) is 16.5. The lowest BCUT2D eigenvalue weighted by Gasteiger charge is -2.48. The quantitative estimate of drug-likeness (QED) is 0.206. The van der Waals surface area contributed by atoms with E-state index in [2.05, 4.69) is 80.4 Å². The Bertz CT molecular complexity index is 1250. The van der Waals surface area contributed by atoms with Gasteiger partial charge in [0.25, 0.3) is 0 Å². The molecular formula is C37H48N2O3. The van der Waals surface area contributed by atoms with Gasteiger partial charge in [0.05, 0.1) is 38.5 Å². The zero-order valence-electron chi connectivity index (χ0n) is 25.9. The number of fused-ring (bicyclic) bond motifs is 1. The molecule has 0 saturated heterocycles. The van der Waals surface area contributed by atoms with Crippen LogP contribution in [0.4, 0.5) is 5.69 Å². The van der Waals surface area contributed by atoms with Gasteiger partial charge in [-0.25, -0.2) is 0 Å². The molecule has 0 amide bonds. The van der Waals surface area contributed by atoms with Crippen molar-refractivity contribution in [3.8, 4) is 0 Å². The summed E-state index contributed by atoms with van der Waals surface area (Å²) >= 11 is 0. The molecule has 0 heterocycles. The minimum Gasteiger partial charge on any atom is -0.378 e. The van der Waals surface area contributed by atoms with E-state index in [-0.39, 0.29) is 29.2 Å². The fourth-order valence-corrected chi connectivity index (χ4v) is 6.52. The molecule has 42 heavy (non-hydrogen) atoms. The van der Waals surface area contributed by atoms with E-state index in [1.807, 2.05) is 36.4 Å². The van der Waals surface area contributed by atoms with Crippen LogP contribution in [0.2, 0.25) is 0 Å². The van der Waals surface area contributed by atoms with Crippen LogP contribution in [0.25, 0.3) is 0 Å². The Kier molecular flexibility index (Phi) is 10.1. The number of Topliss-reactive ketones (excluding diaryl/α,β-unsaturated/α-hetero) is 1. The Morgan fingerprint density at radius 2 is 1.50 bits per heavy atom. The Morgan fingerprint density at radius 3 is 2.02 bits per heavy atom. The molecule has 1 saturated carbocycles. The van der Waals surface area contributed by atoms with Gasteiger partial charge < -0.3 is 14.8 Å². The molecule has 0 unspecified atom stereocenters. The molecule has 0 aliphatic heterocycles. The Hall–Kier alpha value is -2.99. The number of hydrogen-bond donors (Lipinski definition) is 1. The van der Waals surface area contributed by atoms with Crippen LogP contribution in [0, 0.1) is 11.8 Å². The minimum absolute atomic E-state index is 0.0399. The van der Waals surface area contributed by atoms with Gasteiger partial charge in [-0.15, -0.1) is 0 Å². The van der Waals surface area contributed by atoms with Crippen LogP contribution in [0.5, 0.6) is 0 Å². The van der Waals surface area contributed by atoms with Crippen molar-refractivity contribution >= 4 is 11.5 Å². The number of ketones is 1. The number of hydrogen-bond acceptors (Lipinski definition) is 5. The third-order valence-corrected chi connectivity index (χ3v) is 9.60. The van der Waals surface area contributed by atoms with Crippen LogP contribution in [0.15, 0.2) is 78.9 Å². The van der Waals surface area contributed by atoms with Crippen LogP contribution < -0.4 is 5.32 Å². The van der Waals surface area contributed by atoms with Crippen molar-refractivity contribution < 1.29 is 14.3 Å². The number of carbonyl (C=O) groups is 1. The number of benzene rings is 3. The standard InChI is InChI=1S/C37H48N2O3/c1-5-37(4)27(3)35(39(6-2)22-28-17-18-28)36(40)33-20-19-31(21-34(33)37)38-32(25-41-23-29-13-9-7-10-14-29)26-42-24-30-15-11-8-12-16-30/h7-16,19-21,27-28,32,35,38H,5-6,17-18,22-26H2,1-4H3/t27-,35-,37-/m0/s1. The highest BCUT2D eigenvalue weighted by Gasteiger charge is 2.48. The van der Waals surface area contributed by atoms with Gasteiger partial charge in [-0.05, 0) is 77.9 Å². The van der Waals surface area contributed by atoms with Gasteiger partial charge in [0.2, 0.25) is 0 Å². The summed E-state index contributed by atoms with van der Waals surface area (Å²) in [5.74, 6) is 1.28. The zero-order valence-corrected chi connectivity index (χ0v) is 25.9. The average Bonchev–Trinajstić information content (AvgIpc) is 3.84. The molecule has 5 nitrogen and oxygen atoms in total. The molecule has 1 fully saturated rings. The predicted molar refractivity (Wildman–Crippen MR) is 171 cm³/mol. The Labute approximate surface area is 252 Å². The number of rotatable bonds is 15. The molecule has 0 radical (unpaired) electrons. The monoisotopic (exact) mass is 568 g/mol. The van der Waals surface area contributed by atoms with Gasteiger partial charge in [0, 0.05) is 17.8 Å². The molecule has 224 valence electrons. The number of nitrogens with zero attached hydrogens (tertiary/aromatic N) is 1. The highest BCUT2D eigenvalue weighted by Crippen LogP contribution is 2.46. The molecule has 3 aromatic carbocycles. The summed E-state index contributed by atoms with van der Waals surface area (Å²) in [6.07, 6.45) is 3.58. The molecule has 5 rings (SSSR count). The van der Waals surface area contributed by atoms with Crippen molar-refractivity contribution in [3.63, 3.8) is 0 Å². The van der Waals surface area contributed by atoms with E-state index in [1.165, 1.54) is 18.4 Å². The first-order valence-corrected chi connectivity index (χ1v) is 15.9. The lowest BCUT2D eigenvalue weighted by atomic mass is 9.61. The number of carbonyl (C=O) groups excluding carboxylic acids is 1. The summed E-state index contributed by atoms with van der Waals surface area (Å²) in [6.45, 7) is 13.2. The third-order valence-electron chi connectivity index (χ3n) is 9.60. The SMILES string of the molecule is CCN(CC1CC1)[C@@H]1C(=O)c2ccc(NC(COCc3ccccc3)COCc3ccccc3)cc2[C@@](C)(CC)[C@H]1C. The molecule has 2 aliphatic carbocycles. The van der Waals surface area contributed by atoms with Gasteiger partial charge in [0.1, 0.15) is 0 Å². The van der Waals surface area contributed by atoms with Gasteiger partial charge in [0.15, 0.2) is 5.78 Å². The first-order valence-electron chi connectivity index (χ1n) is 15.9. The van der Waals surface area contributed by atoms with Crippen molar-refractivity contribution in [2.24, 2.45) is 11.8 Å². The van der Waals surface area contributed by atoms with Crippen LogP contribution in [-0.2, 0) is 28.1 Å².